The van der Waals surface area contributed by atoms with Gasteiger partial charge in [0.15, 0.2) is 11.0 Å². The molecule has 5 heteroatoms. The summed E-state index contributed by atoms with van der Waals surface area (Å²) >= 11 is 8.01. The van der Waals surface area contributed by atoms with Gasteiger partial charge in [0.2, 0.25) is 0 Å². The summed E-state index contributed by atoms with van der Waals surface area (Å²) in [4.78, 5) is 11.6. The lowest BCUT2D eigenvalue weighted by Gasteiger charge is -2.08. The molecular formula is C14H16ClN3S. The molecule has 1 aliphatic carbocycles. The molecule has 0 unspecified atom stereocenters. The van der Waals surface area contributed by atoms with Crippen LogP contribution in [0.5, 0.6) is 0 Å². The van der Waals surface area contributed by atoms with Gasteiger partial charge in [0, 0.05) is 9.75 Å². The summed E-state index contributed by atoms with van der Waals surface area (Å²) in [5.41, 5.74) is 3.32. The first-order valence-electron chi connectivity index (χ1n) is 6.48. The Morgan fingerprint density at radius 1 is 1.26 bits per heavy atom. The van der Waals surface area contributed by atoms with E-state index in [1.54, 1.807) is 4.88 Å². The average Bonchev–Trinajstić information content (AvgIpc) is 2.92. The molecule has 0 spiro atoms. The van der Waals surface area contributed by atoms with Crippen LogP contribution < -0.4 is 5.32 Å². The predicted molar refractivity (Wildman–Crippen MR) is 80.2 cm³/mol. The molecule has 2 heterocycles. The Balaban J connectivity index is 1.73. The van der Waals surface area contributed by atoms with Crippen molar-refractivity contribution in [2.75, 3.05) is 5.32 Å². The number of rotatable bonds is 3. The summed E-state index contributed by atoms with van der Waals surface area (Å²) in [7, 11) is 0. The van der Waals surface area contributed by atoms with Crippen LogP contribution in [0, 0.1) is 13.8 Å². The SMILES string of the molecule is Cc1nc(Cl)c(NCc2cc3c(s2)CCC3)nc1C. The van der Waals surface area contributed by atoms with Crippen LogP contribution in [0.3, 0.4) is 0 Å². The highest BCUT2D eigenvalue weighted by Gasteiger charge is 2.15. The molecule has 2 aromatic heterocycles. The summed E-state index contributed by atoms with van der Waals surface area (Å²) in [5, 5.41) is 3.74. The molecule has 0 fully saturated rings. The lowest BCUT2D eigenvalue weighted by Crippen LogP contribution is -2.04. The van der Waals surface area contributed by atoms with E-state index in [1.165, 1.54) is 29.7 Å². The number of nitrogens with zero attached hydrogens (tertiary/aromatic N) is 2. The van der Waals surface area contributed by atoms with Gasteiger partial charge in [0.05, 0.1) is 17.9 Å². The zero-order valence-corrected chi connectivity index (χ0v) is 12.7. The minimum atomic E-state index is 0.451. The van der Waals surface area contributed by atoms with E-state index in [1.807, 2.05) is 25.2 Å². The second kappa shape index (κ2) is 5.10. The molecule has 1 N–H and O–H groups in total. The maximum absolute atomic E-state index is 6.11. The van der Waals surface area contributed by atoms with Crippen LogP contribution >= 0.6 is 22.9 Å². The fraction of sp³-hybridized carbons (Fsp3) is 0.429. The van der Waals surface area contributed by atoms with Gasteiger partial charge in [-0.1, -0.05) is 11.6 Å². The lowest BCUT2D eigenvalue weighted by atomic mass is 10.2. The minimum Gasteiger partial charge on any atom is -0.363 e. The number of fused-ring (bicyclic) bond motifs is 1. The van der Waals surface area contributed by atoms with Gasteiger partial charge in [-0.3, -0.25) is 0 Å². The van der Waals surface area contributed by atoms with E-state index in [0.29, 0.717) is 11.0 Å². The first-order chi connectivity index (χ1) is 9.13. The third-order valence-electron chi connectivity index (χ3n) is 3.49. The number of anilines is 1. The van der Waals surface area contributed by atoms with Crippen molar-refractivity contribution in [1.82, 2.24) is 9.97 Å². The van der Waals surface area contributed by atoms with E-state index in [0.717, 1.165) is 17.9 Å². The molecular weight excluding hydrogens is 278 g/mol. The van der Waals surface area contributed by atoms with E-state index in [4.69, 9.17) is 11.6 Å². The highest BCUT2D eigenvalue weighted by atomic mass is 35.5. The molecule has 0 aliphatic heterocycles. The number of aryl methyl sites for hydroxylation is 4. The Labute approximate surface area is 122 Å². The Kier molecular flexibility index (Phi) is 3.46. The van der Waals surface area contributed by atoms with Crippen molar-refractivity contribution in [2.24, 2.45) is 0 Å². The van der Waals surface area contributed by atoms with Crippen molar-refractivity contribution < 1.29 is 0 Å². The highest BCUT2D eigenvalue weighted by Crippen LogP contribution is 2.31. The minimum absolute atomic E-state index is 0.451. The molecule has 3 nitrogen and oxygen atoms in total. The maximum Gasteiger partial charge on any atom is 0.171 e. The largest absolute Gasteiger partial charge is 0.363 e. The zero-order chi connectivity index (χ0) is 13.4. The third kappa shape index (κ3) is 2.60. The Bertz CT molecular complexity index is 600. The molecule has 0 saturated heterocycles. The van der Waals surface area contributed by atoms with Crippen molar-refractivity contribution in [3.63, 3.8) is 0 Å². The number of halogens is 1. The van der Waals surface area contributed by atoms with Crippen molar-refractivity contribution in [3.05, 3.63) is 37.9 Å². The topological polar surface area (TPSA) is 37.8 Å². The van der Waals surface area contributed by atoms with E-state index >= 15 is 0 Å². The quantitative estimate of drug-likeness (QED) is 0.932. The van der Waals surface area contributed by atoms with Crippen LogP contribution in [0.4, 0.5) is 5.82 Å². The van der Waals surface area contributed by atoms with Gasteiger partial charge < -0.3 is 5.32 Å². The summed E-state index contributed by atoms with van der Waals surface area (Å²) in [5.74, 6) is 0.679. The molecule has 19 heavy (non-hydrogen) atoms. The van der Waals surface area contributed by atoms with Crippen LogP contribution in [0.1, 0.15) is 33.1 Å². The van der Waals surface area contributed by atoms with Crippen LogP contribution in [-0.2, 0) is 19.4 Å². The Morgan fingerprint density at radius 3 is 2.84 bits per heavy atom. The van der Waals surface area contributed by atoms with Gasteiger partial charge in [-0.05, 0) is 44.7 Å². The molecule has 1 aliphatic rings. The van der Waals surface area contributed by atoms with Gasteiger partial charge in [-0.15, -0.1) is 11.3 Å². The van der Waals surface area contributed by atoms with Crippen LogP contribution in [0.15, 0.2) is 6.07 Å². The molecule has 2 aromatic rings. The Hall–Kier alpha value is -1.13. The standard InChI is InChI=1S/C14H16ClN3S/c1-8-9(2)18-14(13(15)17-8)16-7-11-6-10-4-3-5-12(10)19-11/h6H,3-5,7H2,1-2H3,(H,16,18). The molecule has 100 valence electrons. The zero-order valence-electron chi connectivity index (χ0n) is 11.1. The normalized spacial score (nSPS) is 13.6. The smallest absolute Gasteiger partial charge is 0.171 e. The van der Waals surface area contributed by atoms with Crippen LogP contribution in [0.2, 0.25) is 5.15 Å². The molecule has 0 saturated carbocycles. The number of thiophene rings is 1. The van der Waals surface area contributed by atoms with Crippen molar-refractivity contribution in [2.45, 2.75) is 39.7 Å². The van der Waals surface area contributed by atoms with Crippen molar-refractivity contribution in [1.29, 1.82) is 0 Å². The van der Waals surface area contributed by atoms with Crippen LogP contribution in [-0.4, -0.2) is 9.97 Å². The number of nitrogens with one attached hydrogen (secondary N) is 1. The van der Waals surface area contributed by atoms with Gasteiger partial charge in [-0.2, -0.15) is 0 Å². The number of hydrogen-bond donors (Lipinski definition) is 1. The van der Waals surface area contributed by atoms with Crippen molar-refractivity contribution >= 4 is 28.8 Å². The van der Waals surface area contributed by atoms with Gasteiger partial charge in [0.1, 0.15) is 0 Å². The molecule has 0 amide bonds. The second-order valence-electron chi connectivity index (χ2n) is 4.90. The molecule has 0 aromatic carbocycles. The highest BCUT2D eigenvalue weighted by molar-refractivity contribution is 7.12. The number of aromatic nitrogens is 2. The molecule has 0 atom stereocenters. The molecule has 0 radical (unpaired) electrons. The van der Waals surface area contributed by atoms with E-state index in [-0.39, 0.29) is 0 Å². The van der Waals surface area contributed by atoms with Gasteiger partial charge in [-0.25, -0.2) is 9.97 Å². The summed E-state index contributed by atoms with van der Waals surface area (Å²) in [6.07, 6.45) is 3.78. The first-order valence-corrected chi connectivity index (χ1v) is 7.68. The summed E-state index contributed by atoms with van der Waals surface area (Å²) < 4.78 is 0. The lowest BCUT2D eigenvalue weighted by molar-refractivity contribution is 0.913. The summed E-state index contributed by atoms with van der Waals surface area (Å²) in [6, 6.07) is 2.31. The fourth-order valence-corrected chi connectivity index (χ4v) is 3.77. The molecule has 3 rings (SSSR count). The maximum atomic E-state index is 6.11. The molecule has 0 bridgehead atoms. The van der Waals surface area contributed by atoms with Crippen LogP contribution in [0.25, 0.3) is 0 Å². The third-order valence-corrected chi connectivity index (χ3v) is 4.99. The first kappa shape index (κ1) is 12.9. The van der Waals surface area contributed by atoms with E-state index < -0.39 is 0 Å². The average molecular weight is 294 g/mol. The number of hydrogen-bond acceptors (Lipinski definition) is 4. The Morgan fingerprint density at radius 2 is 2.05 bits per heavy atom. The predicted octanol–water partition coefficient (Wildman–Crippen LogP) is 3.91. The van der Waals surface area contributed by atoms with E-state index in [2.05, 4.69) is 21.4 Å². The fourth-order valence-electron chi connectivity index (χ4n) is 2.34. The van der Waals surface area contributed by atoms with Crippen molar-refractivity contribution in [3.8, 4) is 0 Å². The van der Waals surface area contributed by atoms with Gasteiger partial charge >= 0.3 is 0 Å². The van der Waals surface area contributed by atoms with E-state index in [9.17, 15) is 0 Å². The van der Waals surface area contributed by atoms with Gasteiger partial charge in [0.25, 0.3) is 0 Å². The monoisotopic (exact) mass is 293 g/mol. The second-order valence-corrected chi connectivity index (χ2v) is 6.48. The summed E-state index contributed by atoms with van der Waals surface area (Å²) in [6.45, 7) is 4.64.